The van der Waals surface area contributed by atoms with Crippen LogP contribution in [-0.2, 0) is 0 Å². The molecular weight excluding hydrogens is 201 g/mol. The highest BCUT2D eigenvalue weighted by Gasteiger charge is 2.27. The summed E-state index contributed by atoms with van der Waals surface area (Å²) >= 11 is 0. The lowest BCUT2D eigenvalue weighted by Crippen LogP contribution is -2.03. The van der Waals surface area contributed by atoms with Crippen LogP contribution in [0.15, 0.2) is 6.20 Å². The normalized spacial score (nSPS) is 10.6. The SMILES string of the molecule is Cc1c(F)cnc([N+](=O)[O-])c1C(F)F. The van der Waals surface area contributed by atoms with Crippen molar-refractivity contribution in [1.82, 2.24) is 4.98 Å². The quantitative estimate of drug-likeness (QED) is 0.551. The second-order valence-corrected chi connectivity index (χ2v) is 2.53. The van der Waals surface area contributed by atoms with Crippen LogP contribution < -0.4 is 0 Å². The van der Waals surface area contributed by atoms with Gasteiger partial charge in [0, 0.05) is 5.56 Å². The first-order valence-electron chi connectivity index (χ1n) is 3.52. The first-order chi connectivity index (χ1) is 6.45. The molecule has 4 nitrogen and oxygen atoms in total. The van der Waals surface area contributed by atoms with Crippen LogP contribution >= 0.6 is 0 Å². The number of halogens is 3. The van der Waals surface area contributed by atoms with E-state index in [4.69, 9.17) is 0 Å². The predicted octanol–water partition coefficient (Wildman–Crippen LogP) is 2.37. The molecule has 0 amide bonds. The van der Waals surface area contributed by atoms with E-state index in [1.54, 1.807) is 0 Å². The van der Waals surface area contributed by atoms with Gasteiger partial charge in [-0.3, -0.25) is 0 Å². The summed E-state index contributed by atoms with van der Waals surface area (Å²) in [5.41, 5.74) is -1.41. The standard InChI is InChI=1S/C7H5F3N2O2/c1-3-4(8)2-11-7(12(13)14)5(3)6(9)10/h2,6H,1H3. The highest BCUT2D eigenvalue weighted by Crippen LogP contribution is 2.30. The Morgan fingerprint density at radius 1 is 1.57 bits per heavy atom. The largest absolute Gasteiger partial charge is 0.372 e. The van der Waals surface area contributed by atoms with Crippen LogP contribution in [0.25, 0.3) is 0 Å². The maximum Gasteiger partial charge on any atom is 0.372 e. The van der Waals surface area contributed by atoms with Crippen molar-refractivity contribution in [3.8, 4) is 0 Å². The number of pyridine rings is 1. The number of hydrogen-bond donors (Lipinski definition) is 0. The van der Waals surface area contributed by atoms with Crippen molar-refractivity contribution in [2.45, 2.75) is 13.3 Å². The van der Waals surface area contributed by atoms with Gasteiger partial charge in [-0.25, -0.2) is 13.2 Å². The van der Waals surface area contributed by atoms with Crippen molar-refractivity contribution in [1.29, 1.82) is 0 Å². The molecule has 0 radical (unpaired) electrons. The van der Waals surface area contributed by atoms with Gasteiger partial charge in [-0.05, 0) is 16.8 Å². The molecule has 0 unspecified atom stereocenters. The molecule has 7 heteroatoms. The molecule has 1 heterocycles. The topological polar surface area (TPSA) is 56.0 Å². The van der Waals surface area contributed by atoms with Crippen molar-refractivity contribution in [2.75, 3.05) is 0 Å². The first kappa shape index (κ1) is 10.4. The molecule has 0 N–H and O–H groups in total. The second-order valence-electron chi connectivity index (χ2n) is 2.53. The van der Waals surface area contributed by atoms with Gasteiger partial charge in [0.15, 0.2) is 12.0 Å². The monoisotopic (exact) mass is 206 g/mol. The highest BCUT2D eigenvalue weighted by atomic mass is 19.3. The van der Waals surface area contributed by atoms with Crippen molar-refractivity contribution >= 4 is 5.82 Å². The molecule has 0 spiro atoms. The first-order valence-corrected chi connectivity index (χ1v) is 3.52. The smallest absolute Gasteiger partial charge is 0.358 e. The van der Waals surface area contributed by atoms with Gasteiger partial charge in [-0.2, -0.15) is 0 Å². The zero-order valence-corrected chi connectivity index (χ0v) is 7.00. The molecule has 0 saturated carbocycles. The Morgan fingerprint density at radius 3 is 2.57 bits per heavy atom. The minimum absolute atomic E-state index is 0.443. The molecule has 0 aromatic carbocycles. The Morgan fingerprint density at radius 2 is 2.14 bits per heavy atom. The van der Waals surface area contributed by atoms with Crippen LogP contribution in [0.1, 0.15) is 17.6 Å². The molecule has 0 bridgehead atoms. The van der Waals surface area contributed by atoms with Crippen LogP contribution in [0.3, 0.4) is 0 Å². The highest BCUT2D eigenvalue weighted by molar-refractivity contribution is 5.40. The van der Waals surface area contributed by atoms with E-state index in [2.05, 4.69) is 4.98 Å². The molecule has 0 fully saturated rings. The van der Waals surface area contributed by atoms with Gasteiger partial charge in [-0.1, -0.05) is 0 Å². The Hall–Kier alpha value is -1.66. The van der Waals surface area contributed by atoms with Gasteiger partial charge in [-0.15, -0.1) is 0 Å². The average molecular weight is 206 g/mol. The third-order valence-corrected chi connectivity index (χ3v) is 1.69. The Balaban J connectivity index is 3.45. The lowest BCUT2D eigenvalue weighted by Gasteiger charge is -2.04. The molecule has 14 heavy (non-hydrogen) atoms. The maximum atomic E-state index is 12.8. The van der Waals surface area contributed by atoms with Crippen molar-refractivity contribution < 1.29 is 18.1 Å². The van der Waals surface area contributed by atoms with E-state index in [0.29, 0.717) is 6.20 Å². The molecule has 0 aliphatic rings. The lowest BCUT2D eigenvalue weighted by atomic mass is 10.1. The average Bonchev–Trinajstić information content (AvgIpc) is 2.08. The minimum Gasteiger partial charge on any atom is -0.358 e. The fourth-order valence-corrected chi connectivity index (χ4v) is 0.987. The van der Waals surface area contributed by atoms with Crippen LogP contribution in [-0.4, -0.2) is 9.91 Å². The molecule has 0 atom stereocenters. The number of alkyl halides is 2. The van der Waals surface area contributed by atoms with Gasteiger partial charge in [0.25, 0.3) is 6.43 Å². The van der Waals surface area contributed by atoms with Crippen molar-refractivity contribution in [3.05, 3.63) is 33.3 Å². The summed E-state index contributed by atoms with van der Waals surface area (Å²) in [4.78, 5) is 12.2. The molecule has 1 rings (SSSR count). The minimum atomic E-state index is -3.11. The fourth-order valence-electron chi connectivity index (χ4n) is 0.987. The summed E-state index contributed by atoms with van der Waals surface area (Å²) in [6.07, 6.45) is -2.56. The Kier molecular flexibility index (Phi) is 2.68. The molecule has 76 valence electrons. The predicted molar refractivity (Wildman–Crippen MR) is 40.5 cm³/mol. The molecule has 1 aromatic heterocycles. The third kappa shape index (κ3) is 1.66. The van der Waals surface area contributed by atoms with E-state index >= 15 is 0 Å². The van der Waals surface area contributed by atoms with Gasteiger partial charge in [0.1, 0.15) is 5.56 Å². The Bertz CT molecular complexity index is 381. The summed E-state index contributed by atoms with van der Waals surface area (Å²) < 4.78 is 37.4. The zero-order valence-electron chi connectivity index (χ0n) is 7.00. The molecule has 1 aromatic rings. The lowest BCUT2D eigenvalue weighted by molar-refractivity contribution is -0.391. The van der Waals surface area contributed by atoms with Crippen molar-refractivity contribution in [2.24, 2.45) is 0 Å². The van der Waals surface area contributed by atoms with E-state index in [-0.39, 0.29) is 0 Å². The number of nitro groups is 1. The summed E-state index contributed by atoms with van der Waals surface area (Å²) in [6.45, 7) is 1.05. The molecule has 0 aliphatic carbocycles. The van der Waals surface area contributed by atoms with Gasteiger partial charge in [0.2, 0.25) is 0 Å². The van der Waals surface area contributed by atoms with Gasteiger partial charge < -0.3 is 10.1 Å². The van der Waals surface area contributed by atoms with E-state index < -0.39 is 34.1 Å². The molecular formula is C7H5F3N2O2. The molecule has 0 aliphatic heterocycles. The number of aromatic nitrogens is 1. The summed E-state index contributed by atoms with van der Waals surface area (Å²) in [7, 11) is 0. The van der Waals surface area contributed by atoms with Gasteiger partial charge >= 0.3 is 5.82 Å². The summed E-state index contributed by atoms with van der Waals surface area (Å²) in [6, 6.07) is 0. The zero-order chi connectivity index (χ0) is 10.9. The second kappa shape index (κ2) is 3.60. The van der Waals surface area contributed by atoms with Crippen LogP contribution in [0, 0.1) is 22.9 Å². The Labute approximate surface area is 76.5 Å². The number of rotatable bonds is 2. The van der Waals surface area contributed by atoms with E-state index in [9.17, 15) is 23.3 Å². The molecule has 0 saturated heterocycles. The van der Waals surface area contributed by atoms with E-state index in [1.807, 2.05) is 0 Å². The van der Waals surface area contributed by atoms with Crippen LogP contribution in [0.2, 0.25) is 0 Å². The van der Waals surface area contributed by atoms with Crippen molar-refractivity contribution in [3.63, 3.8) is 0 Å². The fraction of sp³-hybridized carbons (Fsp3) is 0.286. The number of hydrogen-bond acceptors (Lipinski definition) is 3. The van der Waals surface area contributed by atoms with E-state index in [1.165, 1.54) is 0 Å². The van der Waals surface area contributed by atoms with Crippen LogP contribution in [0.4, 0.5) is 19.0 Å². The van der Waals surface area contributed by atoms with Crippen LogP contribution in [0.5, 0.6) is 0 Å². The van der Waals surface area contributed by atoms with E-state index in [0.717, 1.165) is 6.92 Å². The van der Waals surface area contributed by atoms with Gasteiger partial charge in [0.05, 0.1) is 0 Å². The number of nitrogens with zero attached hydrogens (tertiary/aromatic N) is 2. The summed E-state index contributed by atoms with van der Waals surface area (Å²) in [5.74, 6) is -1.98. The summed E-state index contributed by atoms with van der Waals surface area (Å²) in [5, 5.41) is 10.3. The maximum absolute atomic E-state index is 12.8. The third-order valence-electron chi connectivity index (χ3n) is 1.69.